The third-order valence-corrected chi connectivity index (χ3v) is 10.4. The van der Waals surface area contributed by atoms with Crippen LogP contribution in [0.5, 0.6) is 0 Å². The van der Waals surface area contributed by atoms with Crippen LogP contribution in [0.4, 0.5) is 0 Å². The molecule has 37 heavy (non-hydrogen) atoms. The van der Waals surface area contributed by atoms with Gasteiger partial charge in [-0.1, -0.05) is 84.9 Å². The van der Waals surface area contributed by atoms with Gasteiger partial charge in [-0.15, -0.1) is 0 Å². The van der Waals surface area contributed by atoms with Gasteiger partial charge in [-0.25, -0.2) is 0 Å². The molecule has 1 unspecified atom stereocenters. The van der Waals surface area contributed by atoms with E-state index in [0.29, 0.717) is 0 Å². The summed E-state index contributed by atoms with van der Waals surface area (Å²) in [4.78, 5) is 4.27. The quantitative estimate of drug-likeness (QED) is 0.238. The molecule has 1 aromatic heterocycles. The Labute approximate surface area is 217 Å². The molecule has 7 rings (SSSR count). The van der Waals surface area contributed by atoms with Gasteiger partial charge in [0.1, 0.15) is 7.14 Å². The number of nitrogens with zero attached hydrogens (tertiary/aromatic N) is 1. The summed E-state index contributed by atoms with van der Waals surface area (Å²) in [5, 5.41) is 1.95. The van der Waals surface area contributed by atoms with Crippen molar-refractivity contribution in [2.45, 2.75) is 12.8 Å². The molecule has 1 atom stereocenters. The van der Waals surface area contributed by atoms with E-state index in [4.69, 9.17) is 0 Å². The number of rotatable bonds is 3. The second kappa shape index (κ2) is 8.54. The summed E-state index contributed by atoms with van der Waals surface area (Å²) in [6.45, 7) is 1.91. The summed E-state index contributed by atoms with van der Waals surface area (Å²) in [6.07, 6.45) is 10.3. The molecule has 0 fully saturated rings. The van der Waals surface area contributed by atoms with Gasteiger partial charge in [0.2, 0.25) is 0 Å². The van der Waals surface area contributed by atoms with E-state index in [2.05, 4.69) is 89.9 Å². The first-order valence-corrected chi connectivity index (χ1v) is 14.9. The summed E-state index contributed by atoms with van der Waals surface area (Å²) in [6, 6.07) is 32.1. The van der Waals surface area contributed by atoms with Gasteiger partial charge in [0.15, 0.2) is 0 Å². The van der Waals surface area contributed by atoms with E-state index in [1.807, 2.05) is 31.1 Å². The van der Waals surface area contributed by atoms with E-state index in [0.717, 1.165) is 51.3 Å². The lowest BCUT2D eigenvalue weighted by molar-refractivity contribution is 0.591. The molecule has 4 aromatic carbocycles. The number of hydrogen-bond donors (Lipinski definition) is 0. The first kappa shape index (κ1) is 22.2. The third-order valence-electron chi connectivity index (χ3n) is 7.78. The highest BCUT2D eigenvalue weighted by molar-refractivity contribution is 7.79. The molecule has 0 amide bonds. The van der Waals surface area contributed by atoms with E-state index in [1.165, 1.54) is 27.8 Å². The van der Waals surface area contributed by atoms with Gasteiger partial charge in [-0.2, -0.15) is 0 Å². The lowest BCUT2D eigenvalue weighted by Crippen LogP contribution is -2.08. The van der Waals surface area contributed by atoms with Crippen molar-refractivity contribution in [1.29, 1.82) is 0 Å². The molecule has 0 bridgehead atoms. The fourth-order valence-corrected chi connectivity index (χ4v) is 8.27. The molecule has 2 aliphatic rings. The van der Waals surface area contributed by atoms with E-state index >= 15 is 0 Å². The minimum atomic E-state index is -2.62. The Morgan fingerprint density at radius 2 is 1.49 bits per heavy atom. The minimum Gasteiger partial charge on any atom is -0.314 e. The van der Waals surface area contributed by atoms with E-state index in [-0.39, 0.29) is 0 Å². The average molecular weight is 496 g/mol. The van der Waals surface area contributed by atoms with Crippen LogP contribution in [-0.2, 0) is 11.0 Å². The molecule has 178 valence electrons. The molecule has 0 radical (unpaired) electrons. The highest BCUT2D eigenvalue weighted by Crippen LogP contribution is 2.52. The zero-order chi connectivity index (χ0) is 25.0. The van der Waals surface area contributed by atoms with Crippen LogP contribution in [-0.4, -0.2) is 11.6 Å². The van der Waals surface area contributed by atoms with E-state index in [9.17, 15) is 4.57 Å². The third kappa shape index (κ3) is 3.56. The molecule has 0 N–H and O–H groups in total. The van der Waals surface area contributed by atoms with Gasteiger partial charge < -0.3 is 4.57 Å². The SMILES string of the molecule is CP1(=O)c2ccccc2-c2c(-c3cc4c(c(-c5ccc(-c6cccnc6)cc5)c3)CCC=C4)cccc21. The summed E-state index contributed by atoms with van der Waals surface area (Å²) in [7, 11) is -2.62. The Bertz CT molecular complexity index is 1750. The van der Waals surface area contributed by atoms with Crippen LogP contribution in [0.1, 0.15) is 17.5 Å². The predicted octanol–water partition coefficient (Wildman–Crippen LogP) is 7.97. The van der Waals surface area contributed by atoms with Gasteiger partial charge in [0.05, 0.1) is 0 Å². The average Bonchev–Trinajstić information content (AvgIpc) is 3.20. The Morgan fingerprint density at radius 1 is 0.703 bits per heavy atom. The highest BCUT2D eigenvalue weighted by atomic mass is 31.2. The van der Waals surface area contributed by atoms with Crippen molar-refractivity contribution in [3.63, 3.8) is 0 Å². The zero-order valence-corrected chi connectivity index (χ0v) is 21.6. The standard InChI is InChI=1S/C34H26NOP/c1-37(36)32-13-5-4-11-30(32)34-29(12-6-14-33(34)37)27-20-25-8-2-3-10-28(25)31(21-27)24-17-15-23(16-18-24)26-9-7-19-35-22-26/h2,4-9,11-22H,3,10H2,1H3. The fourth-order valence-electron chi connectivity index (χ4n) is 5.96. The first-order valence-electron chi connectivity index (χ1n) is 12.8. The maximum Gasteiger partial charge on any atom is 0.141 e. The largest absolute Gasteiger partial charge is 0.314 e. The molecular weight excluding hydrogens is 469 g/mol. The second-order valence-corrected chi connectivity index (χ2v) is 12.8. The molecule has 0 saturated heterocycles. The summed E-state index contributed by atoms with van der Waals surface area (Å²) in [5.74, 6) is 0. The Hall–Kier alpha value is -4.00. The minimum absolute atomic E-state index is 0.974. The van der Waals surface area contributed by atoms with Crippen LogP contribution in [0.2, 0.25) is 0 Å². The normalized spacial score (nSPS) is 17.2. The summed E-state index contributed by atoms with van der Waals surface area (Å²) in [5.41, 5.74) is 12.0. The van der Waals surface area contributed by atoms with Gasteiger partial charge in [-0.3, -0.25) is 4.98 Å². The number of allylic oxidation sites excluding steroid dienone is 1. The van der Waals surface area contributed by atoms with Crippen molar-refractivity contribution in [3.05, 3.63) is 121 Å². The summed E-state index contributed by atoms with van der Waals surface area (Å²) >= 11 is 0. The lowest BCUT2D eigenvalue weighted by Gasteiger charge is -2.20. The maximum atomic E-state index is 13.9. The molecule has 5 aromatic rings. The Balaban J connectivity index is 1.42. The smallest absolute Gasteiger partial charge is 0.141 e. The van der Waals surface area contributed by atoms with Crippen molar-refractivity contribution in [2.75, 3.05) is 6.66 Å². The highest BCUT2D eigenvalue weighted by Gasteiger charge is 2.36. The van der Waals surface area contributed by atoms with Crippen molar-refractivity contribution >= 4 is 23.8 Å². The van der Waals surface area contributed by atoms with E-state index in [1.54, 1.807) is 6.20 Å². The van der Waals surface area contributed by atoms with Crippen molar-refractivity contribution in [1.82, 2.24) is 4.98 Å². The van der Waals surface area contributed by atoms with Gasteiger partial charge in [-0.05, 0) is 87.8 Å². The van der Waals surface area contributed by atoms with Gasteiger partial charge >= 0.3 is 0 Å². The van der Waals surface area contributed by atoms with Crippen LogP contribution in [0, 0.1) is 0 Å². The summed E-state index contributed by atoms with van der Waals surface area (Å²) < 4.78 is 13.9. The van der Waals surface area contributed by atoms with E-state index < -0.39 is 7.14 Å². The molecule has 1 aliphatic carbocycles. The number of aromatic nitrogens is 1. The van der Waals surface area contributed by atoms with Crippen LogP contribution >= 0.6 is 7.14 Å². The van der Waals surface area contributed by atoms with Crippen molar-refractivity contribution in [2.24, 2.45) is 0 Å². The zero-order valence-electron chi connectivity index (χ0n) is 20.7. The lowest BCUT2D eigenvalue weighted by atomic mass is 9.84. The fraction of sp³-hybridized carbons (Fsp3) is 0.0882. The van der Waals surface area contributed by atoms with Gasteiger partial charge in [0, 0.05) is 28.6 Å². The topological polar surface area (TPSA) is 30.0 Å². The van der Waals surface area contributed by atoms with Crippen molar-refractivity contribution < 1.29 is 4.57 Å². The molecule has 2 nitrogen and oxygen atoms in total. The van der Waals surface area contributed by atoms with Crippen molar-refractivity contribution in [3.8, 4) is 44.5 Å². The number of hydrogen-bond acceptors (Lipinski definition) is 2. The van der Waals surface area contributed by atoms with Crippen LogP contribution in [0.15, 0.2) is 109 Å². The maximum absolute atomic E-state index is 13.9. The van der Waals surface area contributed by atoms with Gasteiger partial charge in [0.25, 0.3) is 0 Å². The molecule has 0 saturated carbocycles. The monoisotopic (exact) mass is 495 g/mol. The first-order chi connectivity index (χ1) is 18.1. The molecule has 2 heterocycles. The molecule has 3 heteroatoms. The number of fused-ring (bicyclic) bond motifs is 4. The van der Waals surface area contributed by atoms with Crippen LogP contribution in [0.3, 0.4) is 0 Å². The molecule has 0 spiro atoms. The molecule has 1 aliphatic heterocycles. The molecular formula is C34H26NOP. The van der Waals surface area contributed by atoms with Crippen LogP contribution in [0.25, 0.3) is 50.6 Å². The second-order valence-electron chi connectivity index (χ2n) is 9.99. The Morgan fingerprint density at radius 3 is 2.32 bits per heavy atom. The number of pyridine rings is 1. The Kier molecular flexibility index (Phi) is 5.13. The van der Waals surface area contributed by atoms with Crippen LogP contribution < -0.4 is 10.6 Å². The predicted molar refractivity (Wildman–Crippen MR) is 156 cm³/mol. The number of benzene rings is 4.